The van der Waals surface area contributed by atoms with Crippen LogP contribution in [-0.4, -0.2) is 105 Å². The third kappa shape index (κ3) is 14.4. The van der Waals surface area contributed by atoms with Gasteiger partial charge in [-0.2, -0.15) is 0 Å². The van der Waals surface area contributed by atoms with E-state index in [1.807, 2.05) is 48.5 Å². The van der Waals surface area contributed by atoms with Crippen LogP contribution in [0.3, 0.4) is 0 Å². The highest BCUT2D eigenvalue weighted by molar-refractivity contribution is 5.32. The van der Waals surface area contributed by atoms with Gasteiger partial charge >= 0.3 is 0 Å². The van der Waals surface area contributed by atoms with Crippen molar-refractivity contribution in [1.29, 1.82) is 0 Å². The van der Waals surface area contributed by atoms with Crippen molar-refractivity contribution in [3.05, 3.63) is 48.5 Å². The van der Waals surface area contributed by atoms with Crippen LogP contribution in [0.25, 0.3) is 0 Å². The largest absolute Gasteiger partial charge is 0.492 e. The molecule has 38 heavy (non-hydrogen) atoms. The number of hydrogen-bond donors (Lipinski definition) is 4. The first-order valence-corrected chi connectivity index (χ1v) is 13.6. The lowest BCUT2D eigenvalue weighted by Crippen LogP contribution is -2.28. The summed E-state index contributed by atoms with van der Waals surface area (Å²) < 4.78 is 34.4. The second-order valence-electron chi connectivity index (χ2n) is 8.56. The summed E-state index contributed by atoms with van der Waals surface area (Å²) in [6.07, 6.45) is 0. The average molecular weight is 533 g/mol. The van der Waals surface area contributed by atoms with Gasteiger partial charge in [-0.3, -0.25) is 0 Å². The monoisotopic (exact) mass is 532 g/mol. The predicted octanol–water partition coefficient (Wildman–Crippen LogP) is 1.31. The highest BCUT2D eigenvalue weighted by Crippen LogP contribution is 2.18. The molecule has 0 spiro atoms. The molecule has 0 amide bonds. The normalized spacial score (nSPS) is 19.2. The molecule has 4 N–H and O–H groups in total. The smallest absolute Gasteiger partial charge is 0.119 e. The number of rotatable bonds is 0. The van der Waals surface area contributed by atoms with E-state index in [2.05, 4.69) is 21.3 Å². The number of hydrogen-bond acceptors (Lipinski definition) is 10. The second-order valence-corrected chi connectivity index (χ2v) is 8.56. The fraction of sp³-hybridized carbons (Fsp3) is 0.571. The van der Waals surface area contributed by atoms with E-state index in [4.69, 9.17) is 28.4 Å². The van der Waals surface area contributed by atoms with Gasteiger partial charge in [-0.25, -0.2) is 0 Å². The van der Waals surface area contributed by atoms with Gasteiger partial charge in [0.15, 0.2) is 0 Å². The van der Waals surface area contributed by atoms with Crippen molar-refractivity contribution >= 4 is 0 Å². The Kier molecular flexibility index (Phi) is 16.1. The Hall–Kier alpha value is -2.60. The summed E-state index contributed by atoms with van der Waals surface area (Å²) in [7, 11) is 0. The average Bonchev–Trinajstić information content (AvgIpc) is 2.95. The van der Waals surface area contributed by atoms with Gasteiger partial charge in [0, 0.05) is 52.4 Å². The molecular weight excluding hydrogens is 488 g/mol. The Balaban J connectivity index is 1.31. The lowest BCUT2D eigenvalue weighted by atomic mass is 10.3. The van der Waals surface area contributed by atoms with Gasteiger partial charge in [-0.05, 0) is 48.5 Å². The number of ether oxygens (including phenoxy) is 6. The lowest BCUT2D eigenvalue weighted by Gasteiger charge is -2.11. The zero-order valence-corrected chi connectivity index (χ0v) is 22.4. The van der Waals surface area contributed by atoms with Gasteiger partial charge in [0.2, 0.25) is 0 Å². The molecule has 6 rings (SSSR count). The van der Waals surface area contributed by atoms with E-state index >= 15 is 0 Å². The van der Waals surface area contributed by atoms with Gasteiger partial charge < -0.3 is 49.7 Å². The summed E-state index contributed by atoms with van der Waals surface area (Å²) in [5.74, 6) is 3.32. The van der Waals surface area contributed by atoms with E-state index < -0.39 is 0 Å². The van der Waals surface area contributed by atoms with E-state index in [9.17, 15) is 0 Å². The van der Waals surface area contributed by atoms with Crippen molar-refractivity contribution in [2.24, 2.45) is 0 Å². The van der Waals surface area contributed by atoms with Crippen molar-refractivity contribution in [3.8, 4) is 23.0 Å². The molecule has 212 valence electrons. The van der Waals surface area contributed by atoms with E-state index in [1.54, 1.807) is 0 Å². The van der Waals surface area contributed by atoms with E-state index in [-0.39, 0.29) is 0 Å². The maximum absolute atomic E-state index is 5.77. The summed E-state index contributed by atoms with van der Waals surface area (Å²) in [6, 6.07) is 15.4. The molecule has 0 aliphatic carbocycles. The summed E-state index contributed by atoms with van der Waals surface area (Å²) in [5.41, 5.74) is 0. The van der Waals surface area contributed by atoms with E-state index in [0.717, 1.165) is 75.4 Å². The van der Waals surface area contributed by atoms with Crippen LogP contribution in [0.4, 0.5) is 0 Å². The molecule has 4 aliphatic rings. The van der Waals surface area contributed by atoms with Crippen LogP contribution >= 0.6 is 0 Å². The van der Waals surface area contributed by atoms with Crippen LogP contribution in [0.2, 0.25) is 0 Å². The maximum atomic E-state index is 5.77. The molecule has 2 aromatic carbocycles. The number of nitrogens with one attached hydrogen (secondary N) is 4. The molecule has 0 unspecified atom stereocenters. The Morgan fingerprint density at radius 1 is 0.316 bits per heavy atom. The summed E-state index contributed by atoms with van der Waals surface area (Å²) in [4.78, 5) is 0. The number of benzene rings is 2. The van der Waals surface area contributed by atoms with Gasteiger partial charge in [-0.15, -0.1) is 0 Å². The maximum Gasteiger partial charge on any atom is 0.119 e. The van der Waals surface area contributed by atoms with Gasteiger partial charge in [0.25, 0.3) is 0 Å². The Labute approximate surface area is 226 Å². The van der Waals surface area contributed by atoms with Crippen LogP contribution in [-0.2, 0) is 9.47 Å². The minimum atomic E-state index is 0.597. The second kappa shape index (κ2) is 20.4. The highest BCUT2D eigenvalue weighted by atomic mass is 16.5. The first-order valence-electron chi connectivity index (χ1n) is 13.6. The van der Waals surface area contributed by atoms with Crippen molar-refractivity contribution < 1.29 is 28.4 Å². The standard InChI is InChI=1S/C28H44N4O6/c1-2-26-4-3-25(1)35-21-13-29-9-17-33-19-11-31-15-23-37-27-5-7-28(8-6-27)38-24-16-32-12-20-34-18-10-30-14-22-36-26/h1-8,29-32H,9-24H2. The molecule has 4 aliphatic heterocycles. The van der Waals surface area contributed by atoms with Gasteiger partial charge in [-0.1, -0.05) is 0 Å². The molecule has 0 saturated carbocycles. The molecule has 0 fully saturated rings. The quantitative estimate of drug-likeness (QED) is 0.397. The van der Waals surface area contributed by atoms with Crippen molar-refractivity contribution in [1.82, 2.24) is 21.3 Å². The Bertz CT molecular complexity index is 690. The minimum Gasteiger partial charge on any atom is -0.492 e. The van der Waals surface area contributed by atoms with Crippen LogP contribution in [0.5, 0.6) is 23.0 Å². The fourth-order valence-corrected chi connectivity index (χ4v) is 3.51. The molecule has 4 bridgehead atoms. The van der Waals surface area contributed by atoms with Crippen LogP contribution in [0, 0.1) is 0 Å². The van der Waals surface area contributed by atoms with Crippen molar-refractivity contribution in [2.75, 3.05) is 105 Å². The zero-order valence-electron chi connectivity index (χ0n) is 22.4. The van der Waals surface area contributed by atoms with Gasteiger partial charge in [0.1, 0.15) is 49.4 Å². The fourth-order valence-electron chi connectivity index (χ4n) is 3.51. The summed E-state index contributed by atoms with van der Waals surface area (Å²) >= 11 is 0. The molecule has 10 heteroatoms. The third-order valence-electron chi connectivity index (χ3n) is 5.53. The Morgan fingerprint density at radius 2 is 0.526 bits per heavy atom. The molecule has 0 saturated heterocycles. The minimum absolute atomic E-state index is 0.597. The lowest BCUT2D eigenvalue weighted by molar-refractivity contribution is 0.135. The topological polar surface area (TPSA) is 104 Å². The predicted molar refractivity (Wildman–Crippen MR) is 148 cm³/mol. The molecular formula is C28H44N4O6. The van der Waals surface area contributed by atoms with Crippen LogP contribution in [0.15, 0.2) is 48.5 Å². The first-order chi connectivity index (χ1) is 18.9. The molecule has 4 heterocycles. The molecule has 0 aromatic heterocycles. The van der Waals surface area contributed by atoms with Gasteiger partial charge in [0.05, 0.1) is 26.4 Å². The summed E-state index contributed by atoms with van der Waals surface area (Å²) in [6.45, 7) is 11.2. The summed E-state index contributed by atoms with van der Waals surface area (Å²) in [5, 5.41) is 13.3. The van der Waals surface area contributed by atoms with E-state index in [1.165, 1.54) is 0 Å². The van der Waals surface area contributed by atoms with Crippen LogP contribution < -0.4 is 40.2 Å². The molecule has 2 aromatic rings. The Morgan fingerprint density at radius 3 is 0.763 bits per heavy atom. The van der Waals surface area contributed by atoms with Crippen LogP contribution in [0.1, 0.15) is 0 Å². The molecule has 10 nitrogen and oxygen atoms in total. The molecule has 0 atom stereocenters. The third-order valence-corrected chi connectivity index (χ3v) is 5.53. The highest BCUT2D eigenvalue weighted by Gasteiger charge is 1.99. The zero-order chi connectivity index (χ0) is 26.4. The molecule has 0 radical (unpaired) electrons. The first kappa shape index (κ1) is 29.9. The van der Waals surface area contributed by atoms with Crippen molar-refractivity contribution in [3.63, 3.8) is 0 Å². The van der Waals surface area contributed by atoms with E-state index in [0.29, 0.717) is 52.9 Å². The van der Waals surface area contributed by atoms with Crippen molar-refractivity contribution in [2.45, 2.75) is 0 Å². The SMILES string of the molecule is c1cc2ccc1OCCNCCOCCNCCOc1ccc(cc1)OCCNCCOCCNCCO2.